The zero-order chi connectivity index (χ0) is 15.0. The monoisotopic (exact) mass is 305 g/mol. The number of nitrogen functional groups attached to an aromatic ring is 1. The number of halogens is 1. The number of hydrogen-bond acceptors (Lipinski definition) is 4. The zero-order valence-electron chi connectivity index (χ0n) is 10.9. The molecule has 2 N–H and O–H groups in total. The van der Waals surface area contributed by atoms with Gasteiger partial charge < -0.3 is 10.6 Å². The minimum atomic E-state index is -3.68. The van der Waals surface area contributed by atoms with Crippen molar-refractivity contribution in [2.24, 2.45) is 4.40 Å². The first-order chi connectivity index (χ1) is 9.99. The molecule has 21 heavy (non-hydrogen) atoms. The van der Waals surface area contributed by atoms with Crippen LogP contribution in [0.5, 0.6) is 0 Å². The van der Waals surface area contributed by atoms with E-state index < -0.39 is 15.8 Å². The third-order valence-electron chi connectivity index (χ3n) is 3.26. The Hall–Kier alpha value is -2.41. The fourth-order valence-electron chi connectivity index (χ4n) is 2.19. The van der Waals surface area contributed by atoms with Crippen molar-refractivity contribution in [3.8, 4) is 0 Å². The number of benzene rings is 2. The number of nitrogens with zero attached hydrogens (tertiary/aromatic N) is 2. The molecule has 3 rings (SSSR count). The standard InChI is InChI=1S/C14H12FN3O2S/c15-11-4-3-5-12(16)10(11)8-18-9-17-21(19,20)14-7-2-1-6-13(14)18/h1-7,9H,8,16H2. The van der Waals surface area contributed by atoms with Crippen molar-refractivity contribution >= 4 is 27.7 Å². The largest absolute Gasteiger partial charge is 0.398 e. The average Bonchev–Trinajstić information content (AvgIpc) is 2.45. The fraction of sp³-hybridized carbons (Fsp3) is 0.0714. The highest BCUT2D eigenvalue weighted by Gasteiger charge is 2.25. The molecule has 0 saturated carbocycles. The molecule has 0 fully saturated rings. The van der Waals surface area contributed by atoms with Gasteiger partial charge in [-0.3, -0.25) is 0 Å². The van der Waals surface area contributed by atoms with Gasteiger partial charge in [-0.15, -0.1) is 4.40 Å². The van der Waals surface area contributed by atoms with E-state index in [9.17, 15) is 12.8 Å². The summed E-state index contributed by atoms with van der Waals surface area (Å²) in [4.78, 5) is 1.66. The highest BCUT2D eigenvalue weighted by atomic mass is 32.2. The van der Waals surface area contributed by atoms with Gasteiger partial charge in [-0.1, -0.05) is 18.2 Å². The molecule has 5 nitrogen and oxygen atoms in total. The molecule has 1 aliphatic heterocycles. The van der Waals surface area contributed by atoms with Crippen LogP contribution in [0.25, 0.3) is 0 Å². The van der Waals surface area contributed by atoms with Gasteiger partial charge in [-0.2, -0.15) is 8.42 Å². The van der Waals surface area contributed by atoms with Gasteiger partial charge in [0.25, 0.3) is 10.0 Å². The molecule has 0 radical (unpaired) electrons. The maximum absolute atomic E-state index is 13.9. The molecule has 0 atom stereocenters. The molecule has 7 heteroatoms. The maximum Gasteiger partial charge on any atom is 0.285 e. The lowest BCUT2D eigenvalue weighted by Crippen LogP contribution is -2.27. The van der Waals surface area contributed by atoms with Crippen molar-refractivity contribution in [1.29, 1.82) is 0 Å². The van der Waals surface area contributed by atoms with Gasteiger partial charge >= 0.3 is 0 Å². The van der Waals surface area contributed by atoms with Gasteiger partial charge in [-0.05, 0) is 24.3 Å². The zero-order valence-corrected chi connectivity index (χ0v) is 11.7. The summed E-state index contributed by atoms with van der Waals surface area (Å²) in [5.74, 6) is -0.436. The second-order valence-corrected chi connectivity index (χ2v) is 6.20. The van der Waals surface area contributed by atoms with Crippen LogP contribution in [0, 0.1) is 5.82 Å². The Morgan fingerprint density at radius 3 is 2.67 bits per heavy atom. The van der Waals surface area contributed by atoms with Crippen molar-refractivity contribution in [2.75, 3.05) is 10.6 Å². The SMILES string of the molecule is Nc1cccc(F)c1CN1C=NS(=O)(=O)c2ccccc21. The number of para-hydroxylation sites is 1. The smallest absolute Gasteiger partial charge is 0.285 e. The van der Waals surface area contributed by atoms with Gasteiger partial charge in [0.05, 0.1) is 12.2 Å². The Labute approximate surface area is 121 Å². The van der Waals surface area contributed by atoms with Crippen LogP contribution in [0.3, 0.4) is 0 Å². The molecule has 2 aromatic rings. The first-order valence-electron chi connectivity index (χ1n) is 6.18. The van der Waals surface area contributed by atoms with E-state index in [-0.39, 0.29) is 11.4 Å². The summed E-state index contributed by atoms with van der Waals surface area (Å²) in [5.41, 5.74) is 6.85. The minimum Gasteiger partial charge on any atom is -0.398 e. The summed E-state index contributed by atoms with van der Waals surface area (Å²) >= 11 is 0. The number of nitrogens with two attached hydrogens (primary N) is 1. The molecular weight excluding hydrogens is 293 g/mol. The Kier molecular flexibility index (Phi) is 3.13. The fourth-order valence-corrected chi connectivity index (χ4v) is 3.24. The Morgan fingerprint density at radius 1 is 1.14 bits per heavy atom. The number of fused-ring (bicyclic) bond motifs is 1. The molecule has 0 saturated heterocycles. The summed E-state index contributed by atoms with van der Waals surface area (Å²) in [6.07, 6.45) is 1.18. The average molecular weight is 305 g/mol. The Morgan fingerprint density at radius 2 is 1.90 bits per heavy atom. The predicted octanol–water partition coefficient (Wildman–Crippen LogP) is 2.15. The first kappa shape index (κ1) is 13.6. The van der Waals surface area contributed by atoms with E-state index in [0.29, 0.717) is 16.9 Å². The van der Waals surface area contributed by atoms with Crippen molar-refractivity contribution < 1.29 is 12.8 Å². The third kappa shape index (κ3) is 2.36. The summed E-state index contributed by atoms with van der Waals surface area (Å²) in [5, 5.41) is 0. The van der Waals surface area contributed by atoms with Crippen molar-refractivity contribution in [3.05, 3.63) is 53.8 Å². The normalized spacial score (nSPS) is 15.8. The summed E-state index contributed by atoms with van der Waals surface area (Å²) in [7, 11) is -3.68. The number of anilines is 2. The van der Waals surface area contributed by atoms with Crippen LogP contribution in [0.15, 0.2) is 51.8 Å². The van der Waals surface area contributed by atoms with Crippen LogP contribution in [-0.4, -0.2) is 14.8 Å². The number of rotatable bonds is 2. The first-order valence-corrected chi connectivity index (χ1v) is 7.62. The number of sulfonamides is 1. The summed E-state index contributed by atoms with van der Waals surface area (Å²) < 4.78 is 41.2. The topological polar surface area (TPSA) is 75.8 Å². The van der Waals surface area contributed by atoms with Gasteiger partial charge in [-0.25, -0.2) is 4.39 Å². The van der Waals surface area contributed by atoms with E-state index in [2.05, 4.69) is 4.40 Å². The number of hydrogen-bond donors (Lipinski definition) is 1. The van der Waals surface area contributed by atoms with Crippen LogP contribution >= 0.6 is 0 Å². The second-order valence-electron chi connectivity index (χ2n) is 4.60. The molecule has 0 aromatic heterocycles. The quantitative estimate of drug-likeness (QED) is 0.863. The van der Waals surface area contributed by atoms with Gasteiger partial charge in [0, 0.05) is 11.3 Å². The Bertz CT molecular complexity index is 814. The summed E-state index contributed by atoms with van der Waals surface area (Å²) in [6, 6.07) is 10.9. The molecule has 0 unspecified atom stereocenters. The lowest BCUT2D eigenvalue weighted by molar-refractivity contribution is 0.596. The molecule has 1 aliphatic rings. The lowest BCUT2D eigenvalue weighted by Gasteiger charge is -2.25. The van der Waals surface area contributed by atoms with Gasteiger partial charge in [0.15, 0.2) is 0 Å². The molecular formula is C14H12FN3O2S. The predicted molar refractivity (Wildman–Crippen MR) is 79.1 cm³/mol. The maximum atomic E-state index is 13.9. The molecule has 108 valence electrons. The van der Waals surface area contributed by atoms with E-state index >= 15 is 0 Å². The molecule has 0 spiro atoms. The van der Waals surface area contributed by atoms with Crippen LogP contribution < -0.4 is 10.6 Å². The third-order valence-corrected chi connectivity index (χ3v) is 4.53. The molecule has 0 amide bonds. The highest BCUT2D eigenvalue weighted by molar-refractivity contribution is 7.90. The lowest BCUT2D eigenvalue weighted by atomic mass is 10.1. The molecule has 1 heterocycles. The van der Waals surface area contributed by atoms with Crippen LogP contribution in [0.4, 0.5) is 15.8 Å². The van der Waals surface area contributed by atoms with E-state index in [1.807, 2.05) is 0 Å². The van der Waals surface area contributed by atoms with E-state index in [0.717, 1.165) is 0 Å². The van der Waals surface area contributed by atoms with Crippen molar-refractivity contribution in [3.63, 3.8) is 0 Å². The highest BCUT2D eigenvalue weighted by Crippen LogP contribution is 2.31. The van der Waals surface area contributed by atoms with Gasteiger partial charge in [0.2, 0.25) is 0 Å². The second kappa shape index (κ2) is 4.85. The minimum absolute atomic E-state index is 0.0995. The van der Waals surface area contributed by atoms with Crippen molar-refractivity contribution in [1.82, 2.24) is 0 Å². The van der Waals surface area contributed by atoms with E-state index in [1.54, 1.807) is 29.2 Å². The Balaban J connectivity index is 2.06. The van der Waals surface area contributed by atoms with Gasteiger partial charge in [0.1, 0.15) is 17.1 Å². The van der Waals surface area contributed by atoms with Crippen LogP contribution in [-0.2, 0) is 16.6 Å². The van der Waals surface area contributed by atoms with E-state index in [4.69, 9.17) is 5.73 Å². The van der Waals surface area contributed by atoms with Crippen LogP contribution in [0.1, 0.15) is 5.56 Å². The molecule has 0 bridgehead atoms. The van der Waals surface area contributed by atoms with Crippen molar-refractivity contribution in [2.45, 2.75) is 11.4 Å². The van der Waals surface area contributed by atoms with Crippen LogP contribution in [0.2, 0.25) is 0 Å². The summed E-state index contributed by atoms with van der Waals surface area (Å²) in [6.45, 7) is 0.106. The molecule has 2 aromatic carbocycles. The van der Waals surface area contributed by atoms with E-state index in [1.165, 1.54) is 24.5 Å². The molecule has 0 aliphatic carbocycles.